The number of hydrogen-bond acceptors (Lipinski definition) is 3. The average molecular weight is 289 g/mol. The summed E-state index contributed by atoms with van der Waals surface area (Å²) in [6, 6.07) is 9.27. The third kappa shape index (κ3) is 3.01. The van der Waals surface area contributed by atoms with Gasteiger partial charge in [0.25, 0.3) is 5.91 Å². The average Bonchev–Trinajstić information content (AvgIpc) is 3.09. The monoisotopic (exact) mass is 289 g/mol. The van der Waals surface area contributed by atoms with Crippen LogP contribution in [0.25, 0.3) is 0 Å². The molecule has 2 saturated carbocycles. The fourth-order valence-electron chi connectivity index (χ4n) is 2.86. The first-order valence-corrected chi connectivity index (χ1v) is 7.37. The molecule has 21 heavy (non-hydrogen) atoms. The number of carboxylic acid groups (broad SMARTS) is 1. The van der Waals surface area contributed by atoms with Crippen LogP contribution in [0, 0.1) is 5.92 Å². The zero-order valence-corrected chi connectivity index (χ0v) is 11.7. The number of ether oxygens (including phenoxy) is 1. The van der Waals surface area contributed by atoms with Gasteiger partial charge in [0.2, 0.25) is 0 Å². The van der Waals surface area contributed by atoms with E-state index in [1.807, 2.05) is 30.3 Å². The number of benzene rings is 1. The summed E-state index contributed by atoms with van der Waals surface area (Å²) in [6.07, 6.45) is 3.30. The summed E-state index contributed by atoms with van der Waals surface area (Å²) in [5.41, 5.74) is -0.747. The van der Waals surface area contributed by atoms with Gasteiger partial charge in [-0.05, 0) is 31.4 Å². The van der Waals surface area contributed by atoms with E-state index in [0.717, 1.165) is 6.42 Å². The van der Waals surface area contributed by atoms with E-state index in [9.17, 15) is 9.59 Å². The van der Waals surface area contributed by atoms with Gasteiger partial charge in [-0.1, -0.05) is 18.2 Å². The Balaban J connectivity index is 1.57. The molecule has 2 aliphatic rings. The molecule has 0 aromatic heterocycles. The molecule has 0 radical (unpaired) electrons. The maximum Gasteiger partial charge on any atom is 0.306 e. The van der Waals surface area contributed by atoms with Gasteiger partial charge in [0.15, 0.2) is 5.60 Å². The first-order chi connectivity index (χ1) is 10.1. The minimum absolute atomic E-state index is 0.0459. The minimum Gasteiger partial charge on any atom is -0.481 e. The number of para-hydroxylation sites is 1. The summed E-state index contributed by atoms with van der Waals surface area (Å²) in [5, 5.41) is 12.0. The smallest absolute Gasteiger partial charge is 0.306 e. The second-order valence-corrected chi connectivity index (χ2v) is 5.93. The van der Waals surface area contributed by atoms with E-state index < -0.39 is 11.6 Å². The van der Waals surface area contributed by atoms with Crippen LogP contribution in [0.2, 0.25) is 0 Å². The molecule has 0 bridgehead atoms. The molecule has 3 rings (SSSR count). The van der Waals surface area contributed by atoms with E-state index in [-0.39, 0.29) is 17.9 Å². The van der Waals surface area contributed by atoms with Crippen molar-refractivity contribution in [1.29, 1.82) is 0 Å². The van der Waals surface area contributed by atoms with Gasteiger partial charge in [-0.15, -0.1) is 0 Å². The van der Waals surface area contributed by atoms with Crippen LogP contribution in [0.15, 0.2) is 30.3 Å². The van der Waals surface area contributed by atoms with Gasteiger partial charge in [-0.3, -0.25) is 9.59 Å². The summed E-state index contributed by atoms with van der Waals surface area (Å²) in [5.74, 6) is -0.517. The summed E-state index contributed by atoms with van der Waals surface area (Å²) in [6.45, 7) is 0. The lowest BCUT2D eigenvalue weighted by atomic mass is 10.1. The highest BCUT2D eigenvalue weighted by atomic mass is 16.5. The van der Waals surface area contributed by atoms with Crippen molar-refractivity contribution in [2.45, 2.75) is 43.7 Å². The first kappa shape index (κ1) is 13.9. The Labute approximate surface area is 123 Å². The second kappa shape index (κ2) is 5.39. The van der Waals surface area contributed by atoms with Crippen LogP contribution in [-0.4, -0.2) is 28.6 Å². The Bertz CT molecular complexity index is 538. The highest BCUT2D eigenvalue weighted by molar-refractivity contribution is 5.89. The molecule has 1 aromatic carbocycles. The fourth-order valence-corrected chi connectivity index (χ4v) is 2.86. The summed E-state index contributed by atoms with van der Waals surface area (Å²) in [4.78, 5) is 23.3. The molecule has 2 N–H and O–H groups in total. The van der Waals surface area contributed by atoms with Gasteiger partial charge in [0.1, 0.15) is 5.75 Å². The molecule has 2 atom stereocenters. The van der Waals surface area contributed by atoms with E-state index >= 15 is 0 Å². The van der Waals surface area contributed by atoms with Gasteiger partial charge in [-0.25, -0.2) is 0 Å². The predicted octanol–water partition coefficient (Wildman–Crippen LogP) is 1.97. The SMILES string of the molecule is O=C(O)[C@H]1CC[C@@H](NC(=O)C2(Oc3ccccc3)CC2)C1. The molecule has 0 aliphatic heterocycles. The van der Waals surface area contributed by atoms with E-state index in [1.165, 1.54) is 0 Å². The summed E-state index contributed by atoms with van der Waals surface area (Å²) >= 11 is 0. The van der Waals surface area contributed by atoms with Crippen molar-refractivity contribution < 1.29 is 19.4 Å². The Hall–Kier alpha value is -2.04. The molecular formula is C16H19NO4. The number of aliphatic carboxylic acids is 1. The third-order valence-corrected chi connectivity index (χ3v) is 4.29. The predicted molar refractivity (Wildman–Crippen MR) is 75.9 cm³/mol. The number of hydrogen-bond donors (Lipinski definition) is 2. The summed E-state index contributed by atoms with van der Waals surface area (Å²) in [7, 11) is 0. The molecule has 2 fully saturated rings. The van der Waals surface area contributed by atoms with Gasteiger partial charge in [0.05, 0.1) is 5.92 Å². The van der Waals surface area contributed by atoms with E-state index in [2.05, 4.69) is 5.32 Å². The maximum absolute atomic E-state index is 12.4. The van der Waals surface area contributed by atoms with Crippen LogP contribution in [-0.2, 0) is 9.59 Å². The molecular weight excluding hydrogens is 270 g/mol. The van der Waals surface area contributed by atoms with Crippen LogP contribution >= 0.6 is 0 Å². The van der Waals surface area contributed by atoms with Crippen LogP contribution < -0.4 is 10.1 Å². The zero-order chi connectivity index (χ0) is 14.9. The van der Waals surface area contributed by atoms with E-state index in [0.29, 0.717) is 31.4 Å². The molecule has 0 heterocycles. The second-order valence-electron chi connectivity index (χ2n) is 5.93. The normalized spacial score (nSPS) is 26.1. The van der Waals surface area contributed by atoms with Crippen molar-refractivity contribution in [3.8, 4) is 5.75 Å². The molecule has 1 aromatic rings. The highest BCUT2D eigenvalue weighted by Crippen LogP contribution is 2.41. The minimum atomic E-state index is -0.770. The van der Waals surface area contributed by atoms with Gasteiger partial charge in [-0.2, -0.15) is 0 Å². The zero-order valence-electron chi connectivity index (χ0n) is 11.7. The standard InChI is InChI=1S/C16H19NO4/c18-14(19)11-6-7-12(10-11)17-15(20)16(8-9-16)21-13-4-2-1-3-5-13/h1-5,11-12H,6-10H2,(H,17,20)(H,18,19)/t11-,12+/m0/s1. The van der Waals surface area contributed by atoms with Gasteiger partial charge >= 0.3 is 5.97 Å². The molecule has 2 aliphatic carbocycles. The summed E-state index contributed by atoms with van der Waals surface area (Å²) < 4.78 is 5.83. The molecule has 0 saturated heterocycles. The Morgan fingerprint density at radius 2 is 1.90 bits per heavy atom. The highest BCUT2D eigenvalue weighted by Gasteiger charge is 2.53. The van der Waals surface area contributed by atoms with Crippen molar-refractivity contribution in [2.24, 2.45) is 5.92 Å². The lowest BCUT2D eigenvalue weighted by Gasteiger charge is -2.20. The topological polar surface area (TPSA) is 75.6 Å². The Morgan fingerprint density at radius 3 is 2.48 bits per heavy atom. The lowest BCUT2D eigenvalue weighted by Crippen LogP contribution is -2.44. The van der Waals surface area contributed by atoms with Crippen molar-refractivity contribution in [3.63, 3.8) is 0 Å². The number of nitrogens with one attached hydrogen (secondary N) is 1. The molecule has 0 spiro atoms. The van der Waals surface area contributed by atoms with Gasteiger partial charge in [0, 0.05) is 18.9 Å². The van der Waals surface area contributed by atoms with Crippen molar-refractivity contribution in [1.82, 2.24) is 5.32 Å². The first-order valence-electron chi connectivity index (χ1n) is 7.37. The Morgan fingerprint density at radius 1 is 1.19 bits per heavy atom. The number of carbonyl (C=O) groups excluding carboxylic acids is 1. The molecule has 112 valence electrons. The fraction of sp³-hybridized carbons (Fsp3) is 0.500. The van der Waals surface area contributed by atoms with E-state index in [4.69, 9.17) is 9.84 Å². The van der Waals surface area contributed by atoms with Crippen molar-refractivity contribution in [3.05, 3.63) is 30.3 Å². The molecule has 5 heteroatoms. The number of rotatable bonds is 5. The van der Waals surface area contributed by atoms with Crippen molar-refractivity contribution >= 4 is 11.9 Å². The van der Waals surface area contributed by atoms with Crippen LogP contribution in [0.5, 0.6) is 5.75 Å². The quantitative estimate of drug-likeness (QED) is 0.869. The number of carbonyl (C=O) groups is 2. The van der Waals surface area contributed by atoms with Crippen LogP contribution in [0.3, 0.4) is 0 Å². The molecule has 0 unspecified atom stereocenters. The number of amides is 1. The van der Waals surface area contributed by atoms with Crippen LogP contribution in [0.1, 0.15) is 32.1 Å². The largest absolute Gasteiger partial charge is 0.481 e. The maximum atomic E-state index is 12.4. The van der Waals surface area contributed by atoms with Crippen molar-refractivity contribution in [2.75, 3.05) is 0 Å². The van der Waals surface area contributed by atoms with Gasteiger partial charge < -0.3 is 15.2 Å². The number of carboxylic acids is 1. The molecule has 5 nitrogen and oxygen atoms in total. The Kier molecular flexibility index (Phi) is 3.57. The molecule has 1 amide bonds. The lowest BCUT2D eigenvalue weighted by molar-refractivity contribution is -0.141. The van der Waals surface area contributed by atoms with Crippen LogP contribution in [0.4, 0.5) is 0 Å². The van der Waals surface area contributed by atoms with E-state index in [1.54, 1.807) is 0 Å². The third-order valence-electron chi connectivity index (χ3n) is 4.29.